The Balaban J connectivity index is 2.54. The molecule has 1 aliphatic rings. The topological polar surface area (TPSA) is 49.3 Å². The highest BCUT2D eigenvalue weighted by Crippen LogP contribution is 2.32. The first-order valence-electron chi connectivity index (χ1n) is 5.76. The van der Waals surface area contributed by atoms with Crippen molar-refractivity contribution in [2.45, 2.75) is 38.4 Å². The molecule has 1 unspecified atom stereocenters. The summed E-state index contributed by atoms with van der Waals surface area (Å²) >= 11 is 0. The molecule has 3 nitrogen and oxygen atoms in total. The van der Waals surface area contributed by atoms with Crippen LogP contribution in [-0.2, 0) is 4.79 Å². The number of alkyl halides is 3. The summed E-state index contributed by atoms with van der Waals surface area (Å²) in [5.74, 6) is -2.37. The largest absolute Gasteiger partial charge is 0.481 e. The van der Waals surface area contributed by atoms with E-state index in [4.69, 9.17) is 5.11 Å². The predicted octanol–water partition coefficient (Wildman–Crippen LogP) is 2.85. The quantitative estimate of drug-likeness (QED) is 0.801. The van der Waals surface area contributed by atoms with E-state index >= 15 is 0 Å². The maximum absolute atomic E-state index is 12.4. The maximum atomic E-state index is 12.4. The van der Waals surface area contributed by atoms with Gasteiger partial charge in [-0.15, -0.1) is 0 Å². The molecule has 0 saturated heterocycles. The highest BCUT2D eigenvalue weighted by atomic mass is 19.4. The van der Waals surface area contributed by atoms with Gasteiger partial charge in [-0.05, 0) is 18.9 Å². The van der Waals surface area contributed by atoms with Gasteiger partial charge in [-0.2, -0.15) is 13.2 Å². The third kappa shape index (κ3) is 4.43. The molecule has 1 aliphatic carbocycles. The standard InChI is InChI=1S/C12H16F3NO2/c1-2-9(7-11(17)18)16-10-5-3-8(4-6-10)12(13,14)15/h3,5-6,8-9,16H,2,4,7H2,1H3,(H,17,18)/t8?,9-/m1/s1. The number of allylic oxidation sites excluding steroid dienone is 3. The Morgan fingerprint density at radius 2 is 2.28 bits per heavy atom. The lowest BCUT2D eigenvalue weighted by Gasteiger charge is -2.22. The third-order valence-electron chi connectivity index (χ3n) is 2.80. The highest BCUT2D eigenvalue weighted by Gasteiger charge is 2.37. The van der Waals surface area contributed by atoms with Crippen molar-refractivity contribution >= 4 is 5.97 Å². The summed E-state index contributed by atoms with van der Waals surface area (Å²) in [7, 11) is 0. The van der Waals surface area contributed by atoms with Crippen molar-refractivity contribution in [3.8, 4) is 0 Å². The molecule has 0 aromatic rings. The van der Waals surface area contributed by atoms with Crippen molar-refractivity contribution < 1.29 is 23.1 Å². The smallest absolute Gasteiger partial charge is 0.395 e. The molecule has 0 saturated carbocycles. The van der Waals surface area contributed by atoms with Gasteiger partial charge in [-0.25, -0.2) is 0 Å². The van der Waals surface area contributed by atoms with Gasteiger partial charge in [0.25, 0.3) is 0 Å². The number of rotatable bonds is 5. The van der Waals surface area contributed by atoms with Gasteiger partial charge in [0.1, 0.15) is 0 Å². The zero-order valence-corrected chi connectivity index (χ0v) is 10.00. The predicted molar refractivity (Wildman–Crippen MR) is 60.9 cm³/mol. The molecule has 0 bridgehead atoms. The fourth-order valence-electron chi connectivity index (χ4n) is 1.71. The molecule has 0 aromatic carbocycles. The summed E-state index contributed by atoms with van der Waals surface area (Å²) in [6, 6.07) is -0.263. The van der Waals surface area contributed by atoms with Gasteiger partial charge in [-0.1, -0.05) is 19.1 Å². The Bertz CT molecular complexity index is 361. The zero-order chi connectivity index (χ0) is 13.8. The van der Waals surface area contributed by atoms with Crippen LogP contribution in [0.4, 0.5) is 13.2 Å². The summed E-state index contributed by atoms with van der Waals surface area (Å²) in [5.41, 5.74) is 0.559. The second-order valence-corrected chi connectivity index (χ2v) is 4.25. The molecule has 1 rings (SSSR count). The molecule has 2 atom stereocenters. The molecular formula is C12H16F3NO2. The number of hydrogen-bond acceptors (Lipinski definition) is 2. The van der Waals surface area contributed by atoms with Crippen LogP contribution >= 0.6 is 0 Å². The van der Waals surface area contributed by atoms with Gasteiger partial charge in [0, 0.05) is 11.7 Å². The van der Waals surface area contributed by atoms with Crippen LogP contribution in [0, 0.1) is 5.92 Å². The summed E-state index contributed by atoms with van der Waals surface area (Å²) in [4.78, 5) is 10.6. The van der Waals surface area contributed by atoms with Crippen molar-refractivity contribution in [3.63, 3.8) is 0 Å². The first-order valence-corrected chi connectivity index (χ1v) is 5.76. The van der Waals surface area contributed by atoms with Crippen LogP contribution in [0.1, 0.15) is 26.2 Å². The van der Waals surface area contributed by atoms with Crippen molar-refractivity contribution in [2.24, 2.45) is 5.92 Å². The fraction of sp³-hybridized carbons (Fsp3) is 0.583. The van der Waals surface area contributed by atoms with Crippen LogP contribution in [0.3, 0.4) is 0 Å². The SMILES string of the molecule is CC[C@H](CC(=O)O)NC1=CCC(C(F)(F)F)C=C1. The van der Waals surface area contributed by atoms with Gasteiger partial charge in [0.15, 0.2) is 0 Å². The molecule has 0 aliphatic heterocycles. The van der Waals surface area contributed by atoms with E-state index in [-0.39, 0.29) is 18.9 Å². The molecule has 102 valence electrons. The Hall–Kier alpha value is -1.46. The summed E-state index contributed by atoms with van der Waals surface area (Å²) in [6.07, 6.45) is 0.158. The average Bonchev–Trinajstić information content (AvgIpc) is 2.27. The molecule has 0 heterocycles. The fourth-order valence-corrected chi connectivity index (χ4v) is 1.71. The molecule has 0 spiro atoms. The lowest BCUT2D eigenvalue weighted by Crippen LogP contribution is -2.31. The van der Waals surface area contributed by atoms with E-state index in [0.717, 1.165) is 6.08 Å². The first kappa shape index (κ1) is 14.6. The van der Waals surface area contributed by atoms with Crippen molar-refractivity contribution in [1.29, 1.82) is 0 Å². The minimum absolute atomic E-state index is 0.0512. The maximum Gasteiger partial charge on any atom is 0.395 e. The van der Waals surface area contributed by atoms with Crippen LogP contribution in [-0.4, -0.2) is 23.3 Å². The molecule has 6 heteroatoms. The lowest BCUT2D eigenvalue weighted by molar-refractivity contribution is -0.160. The lowest BCUT2D eigenvalue weighted by atomic mass is 9.98. The highest BCUT2D eigenvalue weighted by molar-refractivity contribution is 5.67. The van der Waals surface area contributed by atoms with Crippen LogP contribution in [0.25, 0.3) is 0 Å². The van der Waals surface area contributed by atoms with E-state index < -0.39 is 18.1 Å². The van der Waals surface area contributed by atoms with Crippen molar-refractivity contribution in [3.05, 3.63) is 23.9 Å². The summed E-state index contributed by atoms with van der Waals surface area (Å²) < 4.78 is 37.2. The van der Waals surface area contributed by atoms with E-state index in [1.807, 2.05) is 6.92 Å². The Morgan fingerprint density at radius 3 is 2.67 bits per heavy atom. The molecular weight excluding hydrogens is 247 g/mol. The third-order valence-corrected chi connectivity index (χ3v) is 2.80. The number of halogens is 3. The molecule has 0 fully saturated rings. The Morgan fingerprint density at radius 1 is 1.61 bits per heavy atom. The molecule has 2 N–H and O–H groups in total. The van der Waals surface area contributed by atoms with Crippen LogP contribution in [0.5, 0.6) is 0 Å². The Kier molecular flexibility index (Phi) is 4.81. The molecule has 0 aromatic heterocycles. The number of nitrogens with one attached hydrogen (secondary N) is 1. The van der Waals surface area contributed by atoms with Crippen LogP contribution < -0.4 is 5.32 Å². The minimum Gasteiger partial charge on any atom is -0.481 e. The van der Waals surface area contributed by atoms with Crippen molar-refractivity contribution in [1.82, 2.24) is 5.32 Å². The second kappa shape index (κ2) is 5.93. The number of carboxylic acid groups (broad SMARTS) is 1. The van der Waals surface area contributed by atoms with Crippen LogP contribution in [0.2, 0.25) is 0 Å². The van der Waals surface area contributed by atoms with Gasteiger partial charge in [-0.3, -0.25) is 4.79 Å². The molecule has 18 heavy (non-hydrogen) atoms. The molecule has 0 amide bonds. The van der Waals surface area contributed by atoms with Gasteiger partial charge in [0.05, 0.1) is 12.3 Å². The van der Waals surface area contributed by atoms with Gasteiger partial charge < -0.3 is 10.4 Å². The van der Waals surface area contributed by atoms with E-state index in [0.29, 0.717) is 12.1 Å². The Labute approximate surface area is 103 Å². The van der Waals surface area contributed by atoms with E-state index in [9.17, 15) is 18.0 Å². The van der Waals surface area contributed by atoms with Crippen molar-refractivity contribution in [2.75, 3.05) is 0 Å². The van der Waals surface area contributed by atoms with Gasteiger partial charge >= 0.3 is 12.1 Å². The summed E-state index contributed by atoms with van der Waals surface area (Å²) in [5, 5.41) is 11.6. The number of aliphatic carboxylic acids is 1. The number of carboxylic acids is 1. The second-order valence-electron chi connectivity index (χ2n) is 4.25. The van der Waals surface area contributed by atoms with E-state index in [1.165, 1.54) is 12.2 Å². The number of carbonyl (C=O) groups is 1. The van der Waals surface area contributed by atoms with E-state index in [2.05, 4.69) is 5.32 Å². The van der Waals surface area contributed by atoms with Crippen LogP contribution in [0.15, 0.2) is 23.9 Å². The zero-order valence-electron chi connectivity index (χ0n) is 10.00. The monoisotopic (exact) mass is 263 g/mol. The van der Waals surface area contributed by atoms with Gasteiger partial charge in [0.2, 0.25) is 0 Å². The molecule has 0 radical (unpaired) electrons. The minimum atomic E-state index is -4.22. The summed E-state index contributed by atoms with van der Waals surface area (Å²) in [6.45, 7) is 1.83. The number of hydrogen-bond donors (Lipinski definition) is 2. The first-order chi connectivity index (χ1) is 8.32. The van der Waals surface area contributed by atoms with E-state index in [1.54, 1.807) is 0 Å². The average molecular weight is 263 g/mol. The normalized spacial score (nSPS) is 21.3.